The van der Waals surface area contributed by atoms with Crippen molar-refractivity contribution in [3.8, 4) is 0 Å². The molecule has 2 aliphatic rings. The minimum Gasteiger partial charge on any atom is -0.306 e. The SMILES string of the molecule is CC(CN1CCCC1)NC1CCc2c(Br)cccc21. The highest BCUT2D eigenvalue weighted by atomic mass is 79.9. The summed E-state index contributed by atoms with van der Waals surface area (Å²) in [6.45, 7) is 6.10. The molecule has 2 atom stereocenters. The predicted molar refractivity (Wildman–Crippen MR) is 83.5 cm³/mol. The highest BCUT2D eigenvalue weighted by Gasteiger charge is 2.25. The van der Waals surface area contributed by atoms with Gasteiger partial charge in [-0.1, -0.05) is 28.1 Å². The van der Waals surface area contributed by atoms with Gasteiger partial charge < -0.3 is 10.2 Å². The second-order valence-corrected chi connectivity index (χ2v) is 6.83. The van der Waals surface area contributed by atoms with E-state index in [2.05, 4.69) is 51.3 Å². The Balaban J connectivity index is 1.61. The fraction of sp³-hybridized carbons (Fsp3) is 0.625. The Morgan fingerprint density at radius 2 is 2.16 bits per heavy atom. The molecule has 2 nitrogen and oxygen atoms in total. The van der Waals surface area contributed by atoms with Crippen molar-refractivity contribution in [1.82, 2.24) is 10.2 Å². The molecule has 0 radical (unpaired) electrons. The van der Waals surface area contributed by atoms with Crippen LogP contribution in [0.4, 0.5) is 0 Å². The van der Waals surface area contributed by atoms with Gasteiger partial charge in [0.1, 0.15) is 0 Å². The van der Waals surface area contributed by atoms with Crippen molar-refractivity contribution in [2.24, 2.45) is 0 Å². The number of halogens is 1. The van der Waals surface area contributed by atoms with Crippen molar-refractivity contribution >= 4 is 15.9 Å². The maximum absolute atomic E-state index is 3.83. The third kappa shape index (κ3) is 3.04. The molecule has 2 unspecified atom stereocenters. The van der Waals surface area contributed by atoms with Crippen LogP contribution in [0.15, 0.2) is 22.7 Å². The van der Waals surface area contributed by atoms with Gasteiger partial charge in [-0.05, 0) is 62.9 Å². The van der Waals surface area contributed by atoms with Crippen LogP contribution >= 0.6 is 15.9 Å². The second-order valence-electron chi connectivity index (χ2n) is 5.97. The molecule has 0 saturated carbocycles. The summed E-state index contributed by atoms with van der Waals surface area (Å²) in [5.74, 6) is 0. The number of likely N-dealkylation sites (tertiary alicyclic amines) is 1. The van der Waals surface area contributed by atoms with Crippen molar-refractivity contribution < 1.29 is 0 Å². The topological polar surface area (TPSA) is 15.3 Å². The van der Waals surface area contributed by atoms with Gasteiger partial charge in [-0.2, -0.15) is 0 Å². The van der Waals surface area contributed by atoms with Crippen LogP contribution in [0.25, 0.3) is 0 Å². The molecular weight excluding hydrogens is 300 g/mol. The minimum atomic E-state index is 0.546. The van der Waals surface area contributed by atoms with Crippen LogP contribution in [-0.2, 0) is 6.42 Å². The van der Waals surface area contributed by atoms with E-state index >= 15 is 0 Å². The van der Waals surface area contributed by atoms with E-state index in [1.807, 2.05) is 0 Å². The van der Waals surface area contributed by atoms with Crippen molar-refractivity contribution in [3.05, 3.63) is 33.8 Å². The Morgan fingerprint density at radius 1 is 1.37 bits per heavy atom. The summed E-state index contributed by atoms with van der Waals surface area (Å²) in [6, 6.07) is 7.73. The molecule has 104 valence electrons. The number of nitrogens with one attached hydrogen (secondary N) is 1. The molecule has 1 aliphatic carbocycles. The fourth-order valence-electron chi connectivity index (χ4n) is 3.53. The van der Waals surface area contributed by atoms with Gasteiger partial charge in [-0.3, -0.25) is 0 Å². The van der Waals surface area contributed by atoms with Gasteiger partial charge in [-0.15, -0.1) is 0 Å². The van der Waals surface area contributed by atoms with Crippen molar-refractivity contribution in [2.45, 2.75) is 44.7 Å². The second kappa shape index (κ2) is 5.94. The van der Waals surface area contributed by atoms with E-state index in [0.717, 1.165) is 0 Å². The fourth-order valence-corrected chi connectivity index (χ4v) is 4.11. The van der Waals surface area contributed by atoms with Gasteiger partial charge in [0, 0.05) is 23.1 Å². The Kier molecular flexibility index (Phi) is 4.25. The lowest BCUT2D eigenvalue weighted by atomic mass is 10.1. The predicted octanol–water partition coefficient (Wildman–Crippen LogP) is 3.51. The number of benzene rings is 1. The molecule has 1 aliphatic heterocycles. The molecule has 0 spiro atoms. The first-order chi connectivity index (χ1) is 9.24. The highest BCUT2D eigenvalue weighted by Crippen LogP contribution is 2.35. The minimum absolute atomic E-state index is 0.546. The van der Waals surface area contributed by atoms with E-state index in [1.54, 1.807) is 0 Å². The zero-order valence-electron chi connectivity index (χ0n) is 11.7. The molecule has 3 rings (SSSR count). The molecule has 1 fully saturated rings. The van der Waals surface area contributed by atoms with Crippen LogP contribution in [0.1, 0.15) is 43.4 Å². The molecule has 1 heterocycles. The van der Waals surface area contributed by atoms with Crippen LogP contribution in [0.2, 0.25) is 0 Å². The number of fused-ring (bicyclic) bond motifs is 1. The van der Waals surface area contributed by atoms with E-state index in [1.165, 1.54) is 60.9 Å². The molecule has 0 bridgehead atoms. The Hall–Kier alpha value is -0.380. The van der Waals surface area contributed by atoms with Gasteiger partial charge in [0.05, 0.1) is 0 Å². The summed E-state index contributed by atoms with van der Waals surface area (Å²) >= 11 is 3.68. The zero-order valence-corrected chi connectivity index (χ0v) is 13.2. The lowest BCUT2D eigenvalue weighted by Gasteiger charge is -2.25. The Labute approximate surface area is 124 Å². The summed E-state index contributed by atoms with van der Waals surface area (Å²) in [7, 11) is 0. The average molecular weight is 323 g/mol. The van der Waals surface area contributed by atoms with Crippen LogP contribution in [0.3, 0.4) is 0 Å². The summed E-state index contributed by atoms with van der Waals surface area (Å²) in [5, 5.41) is 3.83. The van der Waals surface area contributed by atoms with Crippen molar-refractivity contribution in [1.29, 1.82) is 0 Å². The molecule has 19 heavy (non-hydrogen) atoms. The van der Waals surface area contributed by atoms with Crippen LogP contribution in [0.5, 0.6) is 0 Å². The lowest BCUT2D eigenvalue weighted by molar-refractivity contribution is 0.286. The maximum atomic E-state index is 3.83. The Bertz CT molecular complexity index is 440. The van der Waals surface area contributed by atoms with E-state index in [9.17, 15) is 0 Å². The first-order valence-corrected chi connectivity index (χ1v) is 8.29. The molecule has 1 aromatic rings. The van der Waals surface area contributed by atoms with E-state index in [-0.39, 0.29) is 0 Å². The monoisotopic (exact) mass is 322 g/mol. The summed E-state index contributed by atoms with van der Waals surface area (Å²) in [6.07, 6.45) is 5.20. The van der Waals surface area contributed by atoms with E-state index < -0.39 is 0 Å². The van der Waals surface area contributed by atoms with Gasteiger partial charge in [0.25, 0.3) is 0 Å². The molecule has 1 N–H and O–H groups in total. The first-order valence-electron chi connectivity index (χ1n) is 7.50. The molecular formula is C16H23BrN2. The molecule has 1 saturated heterocycles. The first kappa shape index (κ1) is 13.6. The van der Waals surface area contributed by atoms with Crippen LogP contribution < -0.4 is 5.32 Å². The third-order valence-electron chi connectivity index (χ3n) is 4.43. The number of nitrogens with zero attached hydrogens (tertiary/aromatic N) is 1. The van der Waals surface area contributed by atoms with E-state index in [0.29, 0.717) is 12.1 Å². The van der Waals surface area contributed by atoms with Gasteiger partial charge in [0.15, 0.2) is 0 Å². The smallest absolute Gasteiger partial charge is 0.0329 e. The summed E-state index contributed by atoms with van der Waals surface area (Å²) < 4.78 is 1.28. The molecule has 1 aromatic carbocycles. The number of hydrogen-bond donors (Lipinski definition) is 1. The Morgan fingerprint density at radius 3 is 2.95 bits per heavy atom. The average Bonchev–Trinajstić information content (AvgIpc) is 3.01. The van der Waals surface area contributed by atoms with Crippen LogP contribution in [0, 0.1) is 0 Å². The summed E-state index contributed by atoms with van der Waals surface area (Å²) in [5.41, 5.74) is 3.01. The molecule has 3 heteroatoms. The molecule has 0 aromatic heterocycles. The van der Waals surface area contributed by atoms with Crippen LogP contribution in [-0.4, -0.2) is 30.6 Å². The van der Waals surface area contributed by atoms with Crippen molar-refractivity contribution in [3.63, 3.8) is 0 Å². The standard InChI is InChI=1S/C16H23BrN2/c1-12(11-19-9-2-3-10-19)18-16-8-7-13-14(16)5-4-6-15(13)17/h4-6,12,16,18H,2-3,7-11H2,1H3. The van der Waals surface area contributed by atoms with Crippen molar-refractivity contribution in [2.75, 3.05) is 19.6 Å². The number of hydrogen-bond acceptors (Lipinski definition) is 2. The van der Waals surface area contributed by atoms with Gasteiger partial charge >= 0.3 is 0 Å². The number of rotatable bonds is 4. The molecule has 0 amide bonds. The lowest BCUT2D eigenvalue weighted by Crippen LogP contribution is -2.39. The normalized spacial score (nSPS) is 24.6. The van der Waals surface area contributed by atoms with E-state index in [4.69, 9.17) is 0 Å². The maximum Gasteiger partial charge on any atom is 0.0329 e. The quantitative estimate of drug-likeness (QED) is 0.912. The highest BCUT2D eigenvalue weighted by molar-refractivity contribution is 9.10. The van der Waals surface area contributed by atoms with Gasteiger partial charge in [0.2, 0.25) is 0 Å². The van der Waals surface area contributed by atoms with Gasteiger partial charge in [-0.25, -0.2) is 0 Å². The zero-order chi connectivity index (χ0) is 13.2. The summed E-state index contributed by atoms with van der Waals surface area (Å²) in [4.78, 5) is 2.59. The largest absolute Gasteiger partial charge is 0.306 e. The third-order valence-corrected chi connectivity index (χ3v) is 5.17.